The van der Waals surface area contributed by atoms with Crippen LogP contribution in [0.5, 0.6) is 0 Å². The van der Waals surface area contributed by atoms with Crippen LogP contribution in [-0.4, -0.2) is 53.5 Å². The molecule has 1 aliphatic rings. The number of aryl methyl sites for hydroxylation is 2. The van der Waals surface area contributed by atoms with Crippen LogP contribution >= 0.6 is 0 Å². The highest BCUT2D eigenvalue weighted by Crippen LogP contribution is 2.25. The molecule has 0 aliphatic carbocycles. The molecule has 6 nitrogen and oxygen atoms in total. The molecule has 0 unspecified atom stereocenters. The van der Waals surface area contributed by atoms with Gasteiger partial charge in [-0.15, -0.1) is 0 Å². The second kappa shape index (κ2) is 7.83. The van der Waals surface area contributed by atoms with Crippen LogP contribution in [0.15, 0.2) is 30.6 Å². The Morgan fingerprint density at radius 3 is 2.58 bits per heavy atom. The highest BCUT2D eigenvalue weighted by atomic mass is 16.2. The molecule has 138 valence electrons. The van der Waals surface area contributed by atoms with Crippen LogP contribution in [0.25, 0.3) is 0 Å². The van der Waals surface area contributed by atoms with E-state index in [1.165, 1.54) is 5.56 Å². The minimum atomic E-state index is 0.0178. The summed E-state index contributed by atoms with van der Waals surface area (Å²) >= 11 is 0. The van der Waals surface area contributed by atoms with Gasteiger partial charge < -0.3 is 10.2 Å². The molecule has 0 saturated carbocycles. The van der Waals surface area contributed by atoms with E-state index in [0.29, 0.717) is 12.6 Å². The lowest BCUT2D eigenvalue weighted by atomic mass is 10.1. The van der Waals surface area contributed by atoms with E-state index >= 15 is 0 Å². The quantitative estimate of drug-likeness (QED) is 0.864. The number of anilines is 2. The van der Waals surface area contributed by atoms with E-state index in [4.69, 9.17) is 0 Å². The minimum absolute atomic E-state index is 0.0178. The Kier molecular flexibility index (Phi) is 5.52. The molecule has 0 spiro atoms. The zero-order valence-corrected chi connectivity index (χ0v) is 16.0. The van der Waals surface area contributed by atoms with Crippen LogP contribution in [-0.2, 0) is 11.2 Å². The number of hydrogen-bond donors (Lipinski definition) is 1. The number of nitrogens with one attached hydrogen (secondary N) is 1. The molecular weight excluding hydrogens is 326 g/mol. The number of carbonyl (C=O) groups excluding carboxylic acids is 1. The van der Waals surface area contributed by atoms with Crippen LogP contribution in [0.3, 0.4) is 0 Å². The molecule has 1 amide bonds. The fourth-order valence-electron chi connectivity index (χ4n) is 3.13. The Hall–Kier alpha value is -2.47. The first-order chi connectivity index (χ1) is 12.5. The van der Waals surface area contributed by atoms with Crippen molar-refractivity contribution in [2.24, 2.45) is 0 Å². The van der Waals surface area contributed by atoms with E-state index in [0.717, 1.165) is 42.3 Å². The van der Waals surface area contributed by atoms with E-state index < -0.39 is 0 Å². The molecule has 6 heteroatoms. The van der Waals surface area contributed by atoms with Gasteiger partial charge in [0.2, 0.25) is 5.91 Å². The van der Waals surface area contributed by atoms with Crippen molar-refractivity contribution in [3.63, 3.8) is 0 Å². The van der Waals surface area contributed by atoms with Crippen molar-refractivity contribution in [3.05, 3.63) is 47.4 Å². The Balaban J connectivity index is 1.49. The van der Waals surface area contributed by atoms with E-state index in [1.807, 2.05) is 26.1 Å². The molecule has 1 aromatic heterocycles. The summed E-state index contributed by atoms with van der Waals surface area (Å²) in [6, 6.07) is 8.38. The summed E-state index contributed by atoms with van der Waals surface area (Å²) in [5, 5.41) is 2.97. The first-order valence-corrected chi connectivity index (χ1v) is 9.10. The first-order valence-electron chi connectivity index (χ1n) is 9.10. The molecular formula is C20H27N5O. The molecule has 26 heavy (non-hydrogen) atoms. The van der Waals surface area contributed by atoms with Gasteiger partial charge in [-0.2, -0.15) is 0 Å². The first kappa shape index (κ1) is 18.3. The van der Waals surface area contributed by atoms with Gasteiger partial charge in [0, 0.05) is 36.1 Å². The van der Waals surface area contributed by atoms with Crippen molar-refractivity contribution < 1.29 is 4.79 Å². The summed E-state index contributed by atoms with van der Waals surface area (Å²) in [6.45, 7) is 8.32. The fraction of sp³-hybridized carbons (Fsp3) is 0.450. The Morgan fingerprint density at radius 1 is 1.23 bits per heavy atom. The number of aromatic nitrogens is 2. The van der Waals surface area contributed by atoms with Crippen molar-refractivity contribution in [1.29, 1.82) is 0 Å². The lowest BCUT2D eigenvalue weighted by Gasteiger charge is -2.45. The summed E-state index contributed by atoms with van der Waals surface area (Å²) in [6.07, 6.45) is 2.62. The maximum Gasteiger partial charge on any atom is 0.238 e. The predicted octanol–water partition coefficient (Wildman–Crippen LogP) is 2.41. The molecule has 0 bridgehead atoms. The number of amides is 1. The second-order valence-electron chi connectivity index (χ2n) is 6.98. The molecule has 3 rings (SSSR count). The van der Waals surface area contributed by atoms with Gasteiger partial charge in [0.15, 0.2) is 0 Å². The average molecular weight is 353 g/mol. The van der Waals surface area contributed by atoms with Gasteiger partial charge in [-0.25, -0.2) is 9.97 Å². The van der Waals surface area contributed by atoms with E-state index in [-0.39, 0.29) is 5.91 Å². The maximum absolute atomic E-state index is 12.3. The summed E-state index contributed by atoms with van der Waals surface area (Å²) in [4.78, 5) is 25.3. The third kappa shape index (κ3) is 4.02. The number of hydrogen-bond acceptors (Lipinski definition) is 5. The minimum Gasteiger partial charge on any atom is -0.353 e. The second-order valence-corrected chi connectivity index (χ2v) is 6.98. The third-order valence-corrected chi connectivity index (χ3v) is 5.13. The SMILES string of the molecule is CCc1ccc(NC(=O)CN(C)C2CN(c3ncnc(C)c3C)C2)cc1. The zero-order chi connectivity index (χ0) is 18.7. The largest absolute Gasteiger partial charge is 0.353 e. The van der Waals surface area contributed by atoms with E-state index in [9.17, 15) is 4.79 Å². The average Bonchev–Trinajstić information content (AvgIpc) is 2.58. The fourth-order valence-corrected chi connectivity index (χ4v) is 3.13. The summed E-state index contributed by atoms with van der Waals surface area (Å²) < 4.78 is 0. The highest BCUT2D eigenvalue weighted by molar-refractivity contribution is 5.92. The third-order valence-electron chi connectivity index (χ3n) is 5.13. The van der Waals surface area contributed by atoms with Gasteiger partial charge in [-0.05, 0) is 45.0 Å². The molecule has 1 saturated heterocycles. The van der Waals surface area contributed by atoms with Gasteiger partial charge in [0.1, 0.15) is 12.1 Å². The van der Waals surface area contributed by atoms with E-state index in [2.05, 4.69) is 51.1 Å². The van der Waals surface area contributed by atoms with Crippen LogP contribution in [0.1, 0.15) is 23.7 Å². The molecule has 1 aliphatic heterocycles. The van der Waals surface area contributed by atoms with Crippen LogP contribution in [0.2, 0.25) is 0 Å². The smallest absolute Gasteiger partial charge is 0.238 e. The zero-order valence-electron chi connectivity index (χ0n) is 16.0. The molecule has 0 atom stereocenters. The molecule has 0 radical (unpaired) electrons. The molecule has 1 aromatic carbocycles. The maximum atomic E-state index is 12.3. The van der Waals surface area contributed by atoms with E-state index in [1.54, 1.807) is 6.33 Å². The van der Waals surface area contributed by atoms with Gasteiger partial charge in [0.05, 0.1) is 6.54 Å². The van der Waals surface area contributed by atoms with Crippen molar-refractivity contribution in [2.45, 2.75) is 33.2 Å². The van der Waals surface area contributed by atoms with Gasteiger partial charge in [0.25, 0.3) is 0 Å². The number of benzene rings is 1. The number of likely N-dealkylation sites (N-methyl/N-ethyl adjacent to an activating group) is 1. The van der Waals surface area contributed by atoms with Crippen LogP contribution < -0.4 is 10.2 Å². The summed E-state index contributed by atoms with van der Waals surface area (Å²) in [5.41, 5.74) is 4.26. The summed E-state index contributed by atoms with van der Waals surface area (Å²) in [7, 11) is 2.00. The lowest BCUT2D eigenvalue weighted by molar-refractivity contribution is -0.117. The highest BCUT2D eigenvalue weighted by Gasteiger charge is 2.32. The normalized spacial score (nSPS) is 14.4. The van der Waals surface area contributed by atoms with Crippen molar-refractivity contribution in [1.82, 2.24) is 14.9 Å². The van der Waals surface area contributed by atoms with Gasteiger partial charge in [-0.1, -0.05) is 19.1 Å². The van der Waals surface area contributed by atoms with Crippen molar-refractivity contribution in [2.75, 3.05) is 36.9 Å². The number of carbonyl (C=O) groups is 1. The van der Waals surface area contributed by atoms with Crippen molar-refractivity contribution in [3.8, 4) is 0 Å². The standard InChI is InChI=1S/C20H27N5O/c1-5-16-6-8-17(9-7-16)23-19(26)12-24(4)18-10-25(11-18)20-14(2)15(3)21-13-22-20/h6-9,13,18H,5,10-12H2,1-4H3,(H,23,26). The number of rotatable bonds is 6. The van der Waals surface area contributed by atoms with Gasteiger partial charge in [-0.3, -0.25) is 9.69 Å². The molecule has 2 aromatic rings. The molecule has 1 fully saturated rings. The lowest BCUT2D eigenvalue weighted by Crippen LogP contribution is -2.60. The number of nitrogens with zero attached hydrogens (tertiary/aromatic N) is 4. The van der Waals surface area contributed by atoms with Crippen LogP contribution in [0.4, 0.5) is 11.5 Å². The monoisotopic (exact) mass is 353 g/mol. The Labute approximate surface area is 155 Å². The topological polar surface area (TPSA) is 61.4 Å². The van der Waals surface area contributed by atoms with Crippen LogP contribution in [0, 0.1) is 13.8 Å². The van der Waals surface area contributed by atoms with Crippen molar-refractivity contribution >= 4 is 17.4 Å². The molecule has 1 N–H and O–H groups in total. The molecule has 2 heterocycles. The summed E-state index contributed by atoms with van der Waals surface area (Å²) in [5.74, 6) is 1.02. The Morgan fingerprint density at radius 2 is 1.92 bits per heavy atom. The Bertz CT molecular complexity index is 768. The van der Waals surface area contributed by atoms with Gasteiger partial charge >= 0.3 is 0 Å². The predicted molar refractivity (Wildman–Crippen MR) is 105 cm³/mol.